The summed E-state index contributed by atoms with van der Waals surface area (Å²) in [6.45, 7) is 1.87. The van der Waals surface area contributed by atoms with Crippen molar-refractivity contribution in [2.24, 2.45) is 0 Å². The number of rotatable bonds is 1. The van der Waals surface area contributed by atoms with Gasteiger partial charge < -0.3 is 5.32 Å². The van der Waals surface area contributed by atoms with Gasteiger partial charge in [-0.1, -0.05) is 48.5 Å². The lowest BCUT2D eigenvalue weighted by molar-refractivity contribution is -0.122. The number of benzene rings is 3. The fourth-order valence-corrected chi connectivity index (χ4v) is 5.36. The van der Waals surface area contributed by atoms with E-state index in [0.29, 0.717) is 0 Å². The average Bonchev–Trinajstić information content (AvgIpc) is 3.09. The highest BCUT2D eigenvalue weighted by atomic mass is 32.2. The second-order valence-electron chi connectivity index (χ2n) is 6.61. The van der Waals surface area contributed by atoms with E-state index in [2.05, 4.69) is 5.32 Å². The Morgan fingerprint density at radius 3 is 2.54 bits per heavy atom. The summed E-state index contributed by atoms with van der Waals surface area (Å²) in [6, 6.07) is 21.5. The summed E-state index contributed by atoms with van der Waals surface area (Å²) in [7, 11) is 0. The summed E-state index contributed by atoms with van der Waals surface area (Å²) in [6.07, 6.45) is 0. The molecule has 2 atom stereocenters. The molecule has 26 heavy (non-hydrogen) atoms. The number of anilines is 2. The van der Waals surface area contributed by atoms with E-state index in [1.54, 1.807) is 4.90 Å². The summed E-state index contributed by atoms with van der Waals surface area (Å²) in [5.41, 5.74) is 2.37. The van der Waals surface area contributed by atoms with Crippen molar-refractivity contribution in [1.82, 2.24) is 0 Å². The number of carbonyl (C=O) groups excluding carboxylic acids is 2. The minimum atomic E-state index is -1.05. The smallest absolute Gasteiger partial charge is 0.266 e. The van der Waals surface area contributed by atoms with E-state index < -0.39 is 4.87 Å². The number of thioether (sulfide) groups is 1. The van der Waals surface area contributed by atoms with Crippen LogP contribution in [0.2, 0.25) is 0 Å². The van der Waals surface area contributed by atoms with Crippen LogP contribution in [-0.4, -0.2) is 17.1 Å². The van der Waals surface area contributed by atoms with Crippen molar-refractivity contribution in [2.45, 2.75) is 17.0 Å². The molecule has 1 saturated heterocycles. The zero-order chi connectivity index (χ0) is 17.9. The molecule has 1 fully saturated rings. The van der Waals surface area contributed by atoms with Crippen LogP contribution in [0.1, 0.15) is 12.5 Å². The molecule has 2 amide bonds. The molecule has 2 aliphatic heterocycles. The van der Waals surface area contributed by atoms with Crippen LogP contribution in [-0.2, 0) is 14.5 Å². The van der Waals surface area contributed by atoms with E-state index in [9.17, 15) is 9.59 Å². The summed E-state index contributed by atoms with van der Waals surface area (Å²) in [5.74, 6) is -0.202. The predicted molar refractivity (Wildman–Crippen MR) is 105 cm³/mol. The Morgan fingerprint density at radius 1 is 0.962 bits per heavy atom. The van der Waals surface area contributed by atoms with Crippen LogP contribution in [0.3, 0.4) is 0 Å². The monoisotopic (exact) mass is 360 g/mol. The topological polar surface area (TPSA) is 49.4 Å². The molecule has 2 aliphatic rings. The first-order chi connectivity index (χ1) is 12.6. The highest BCUT2D eigenvalue weighted by molar-refractivity contribution is 8.03. The number of hydrogen-bond acceptors (Lipinski definition) is 3. The van der Waals surface area contributed by atoms with Crippen LogP contribution in [0.4, 0.5) is 11.4 Å². The maximum Gasteiger partial charge on any atom is 0.266 e. The molecular weight excluding hydrogens is 344 g/mol. The Labute approximate surface area is 155 Å². The molecule has 1 spiro atoms. The third-order valence-corrected chi connectivity index (χ3v) is 6.55. The number of fused-ring (bicyclic) bond motifs is 3. The standard InChI is InChI=1S/C21H16N2O2S/c1-13-19(24)23(16-11-10-14-6-2-3-7-15(14)12-16)21(26-13)17-8-4-5-9-18(17)22-20(21)25/h2-13H,1H3,(H,22,25)/t13-,21+/m1/s1. The van der Waals surface area contributed by atoms with Crippen LogP contribution < -0.4 is 10.2 Å². The normalized spacial score (nSPS) is 24.3. The second-order valence-corrected chi connectivity index (χ2v) is 8.14. The molecule has 0 aromatic heterocycles. The van der Waals surface area contributed by atoms with Gasteiger partial charge >= 0.3 is 0 Å². The highest BCUT2D eigenvalue weighted by Gasteiger charge is 2.60. The summed E-state index contributed by atoms with van der Waals surface area (Å²) in [4.78, 5) is 26.8. The SMILES string of the molecule is C[C@H]1S[C@@]2(C(=O)Nc3ccccc32)N(c2ccc3ccccc3c2)C1=O. The van der Waals surface area contributed by atoms with E-state index in [1.807, 2.05) is 73.7 Å². The van der Waals surface area contributed by atoms with Gasteiger partial charge in [0.05, 0.1) is 5.25 Å². The van der Waals surface area contributed by atoms with Gasteiger partial charge in [0.15, 0.2) is 0 Å². The van der Waals surface area contributed by atoms with Crippen molar-refractivity contribution in [2.75, 3.05) is 10.2 Å². The first-order valence-electron chi connectivity index (χ1n) is 8.53. The van der Waals surface area contributed by atoms with E-state index in [-0.39, 0.29) is 17.1 Å². The number of hydrogen-bond donors (Lipinski definition) is 1. The van der Waals surface area contributed by atoms with E-state index in [4.69, 9.17) is 0 Å². The molecule has 0 unspecified atom stereocenters. The lowest BCUT2D eigenvalue weighted by Crippen LogP contribution is -2.47. The van der Waals surface area contributed by atoms with Gasteiger partial charge in [0.2, 0.25) is 10.8 Å². The zero-order valence-corrected chi connectivity index (χ0v) is 14.9. The average molecular weight is 360 g/mol. The third-order valence-electron chi connectivity index (χ3n) is 5.07. The van der Waals surface area contributed by atoms with Crippen molar-refractivity contribution in [3.63, 3.8) is 0 Å². The lowest BCUT2D eigenvalue weighted by Gasteiger charge is -2.32. The third kappa shape index (κ3) is 1.92. The molecule has 5 heteroatoms. The first kappa shape index (κ1) is 15.5. The minimum absolute atomic E-state index is 0.0443. The fraction of sp³-hybridized carbons (Fsp3) is 0.143. The second kappa shape index (κ2) is 5.35. The first-order valence-corrected chi connectivity index (χ1v) is 9.41. The largest absolute Gasteiger partial charge is 0.323 e. The quantitative estimate of drug-likeness (QED) is 0.710. The van der Waals surface area contributed by atoms with Crippen molar-refractivity contribution in [3.8, 4) is 0 Å². The number of amides is 2. The Hall–Kier alpha value is -2.79. The van der Waals surface area contributed by atoms with Gasteiger partial charge in [-0.05, 0) is 35.9 Å². The number of nitrogens with zero attached hydrogens (tertiary/aromatic N) is 1. The summed E-state index contributed by atoms with van der Waals surface area (Å²) in [5, 5.41) is 4.81. The molecule has 1 N–H and O–H groups in total. The van der Waals surface area contributed by atoms with Crippen LogP contribution in [0.5, 0.6) is 0 Å². The lowest BCUT2D eigenvalue weighted by atomic mass is 10.0. The van der Waals surface area contributed by atoms with Gasteiger partial charge in [0, 0.05) is 16.9 Å². The molecule has 0 bridgehead atoms. The van der Waals surface area contributed by atoms with Gasteiger partial charge in [-0.25, -0.2) is 0 Å². The minimum Gasteiger partial charge on any atom is -0.323 e. The predicted octanol–water partition coefficient (Wildman–Crippen LogP) is 4.11. The van der Waals surface area contributed by atoms with E-state index in [1.165, 1.54) is 11.8 Å². The van der Waals surface area contributed by atoms with Crippen molar-refractivity contribution in [3.05, 3.63) is 72.3 Å². The van der Waals surface area contributed by atoms with Crippen LogP contribution in [0, 0.1) is 0 Å². The molecule has 0 aliphatic carbocycles. The molecule has 5 rings (SSSR count). The molecule has 128 valence electrons. The van der Waals surface area contributed by atoms with Crippen LogP contribution in [0.15, 0.2) is 66.7 Å². The van der Waals surface area contributed by atoms with Gasteiger partial charge in [-0.15, -0.1) is 11.8 Å². The summed E-state index contributed by atoms with van der Waals surface area (Å²) < 4.78 is 0. The Morgan fingerprint density at radius 2 is 1.69 bits per heavy atom. The van der Waals surface area contributed by atoms with Gasteiger partial charge in [-0.2, -0.15) is 0 Å². The fourth-order valence-electron chi connectivity index (χ4n) is 3.88. The van der Waals surface area contributed by atoms with Gasteiger partial charge in [-0.3, -0.25) is 14.5 Å². The van der Waals surface area contributed by atoms with Crippen LogP contribution in [0.25, 0.3) is 10.8 Å². The van der Waals surface area contributed by atoms with Crippen molar-refractivity contribution < 1.29 is 9.59 Å². The Bertz CT molecular complexity index is 1080. The van der Waals surface area contributed by atoms with E-state index in [0.717, 1.165) is 27.7 Å². The molecule has 0 radical (unpaired) electrons. The molecule has 4 nitrogen and oxygen atoms in total. The highest BCUT2D eigenvalue weighted by Crippen LogP contribution is 2.56. The molecule has 3 aromatic rings. The Kier molecular flexibility index (Phi) is 3.18. The van der Waals surface area contributed by atoms with Crippen molar-refractivity contribution in [1.29, 1.82) is 0 Å². The number of nitrogens with one attached hydrogen (secondary N) is 1. The molecular formula is C21H16N2O2S. The van der Waals surface area contributed by atoms with Gasteiger partial charge in [0.1, 0.15) is 0 Å². The van der Waals surface area contributed by atoms with Crippen molar-refractivity contribution >= 4 is 45.7 Å². The number of para-hydroxylation sites is 1. The summed E-state index contributed by atoms with van der Waals surface area (Å²) >= 11 is 1.41. The maximum atomic E-state index is 13.1. The van der Waals surface area contributed by atoms with Crippen LogP contribution >= 0.6 is 11.8 Å². The van der Waals surface area contributed by atoms with Gasteiger partial charge in [0.25, 0.3) is 5.91 Å². The molecule has 0 saturated carbocycles. The zero-order valence-electron chi connectivity index (χ0n) is 14.1. The maximum absolute atomic E-state index is 13.1. The Balaban J connectivity index is 1.75. The number of carbonyl (C=O) groups is 2. The van der Waals surface area contributed by atoms with E-state index >= 15 is 0 Å². The molecule has 2 heterocycles. The molecule has 3 aromatic carbocycles.